The van der Waals surface area contributed by atoms with E-state index in [1.807, 2.05) is 31.2 Å². The zero-order valence-electron chi connectivity index (χ0n) is 13.7. The molecule has 0 fully saturated rings. The summed E-state index contributed by atoms with van der Waals surface area (Å²) < 4.78 is 10.6. The summed E-state index contributed by atoms with van der Waals surface area (Å²) in [6.45, 7) is 3.79. The molecule has 0 aliphatic carbocycles. The highest BCUT2D eigenvalue weighted by atomic mass is 16.5. The first-order chi connectivity index (χ1) is 12.1. The number of anilines is 1. The Bertz CT molecular complexity index is 1060. The number of benzene rings is 2. The second-order valence-electron chi connectivity index (χ2n) is 5.81. The summed E-state index contributed by atoms with van der Waals surface area (Å²) in [5, 5.41) is 6.74. The van der Waals surface area contributed by atoms with Gasteiger partial charge in [-0.3, -0.25) is 4.79 Å². The third-order valence-corrected chi connectivity index (χ3v) is 3.83. The minimum atomic E-state index is -0.374. The third-order valence-electron chi connectivity index (χ3n) is 3.83. The summed E-state index contributed by atoms with van der Waals surface area (Å²) in [6.07, 6.45) is 0. The SMILES string of the molecule is Cc1ccc(-c2cc(C(=O)Nc3ccc4nc(C)oc4c3)on2)cc1. The molecule has 0 saturated carbocycles. The molecule has 0 saturated heterocycles. The van der Waals surface area contributed by atoms with Crippen LogP contribution in [0.3, 0.4) is 0 Å². The van der Waals surface area contributed by atoms with Crippen molar-refractivity contribution in [2.24, 2.45) is 0 Å². The molecule has 0 aliphatic heterocycles. The van der Waals surface area contributed by atoms with Gasteiger partial charge in [-0.1, -0.05) is 35.0 Å². The Kier molecular flexibility index (Phi) is 3.57. The highest BCUT2D eigenvalue weighted by Gasteiger charge is 2.15. The first kappa shape index (κ1) is 15.1. The lowest BCUT2D eigenvalue weighted by Crippen LogP contribution is -2.10. The lowest BCUT2D eigenvalue weighted by Gasteiger charge is -2.01. The molecule has 6 heteroatoms. The molecule has 0 atom stereocenters. The van der Waals surface area contributed by atoms with Crippen molar-refractivity contribution >= 4 is 22.7 Å². The molecule has 2 aromatic heterocycles. The topological polar surface area (TPSA) is 81.2 Å². The summed E-state index contributed by atoms with van der Waals surface area (Å²) >= 11 is 0. The van der Waals surface area contributed by atoms with Crippen LogP contribution in [0, 0.1) is 13.8 Å². The van der Waals surface area contributed by atoms with Gasteiger partial charge < -0.3 is 14.3 Å². The molecule has 0 aliphatic rings. The minimum Gasteiger partial charge on any atom is -0.441 e. The van der Waals surface area contributed by atoms with E-state index in [2.05, 4.69) is 15.5 Å². The summed E-state index contributed by atoms with van der Waals surface area (Å²) in [6, 6.07) is 14.8. The number of fused-ring (bicyclic) bond motifs is 1. The van der Waals surface area contributed by atoms with Gasteiger partial charge in [0.1, 0.15) is 11.2 Å². The number of aromatic nitrogens is 2. The number of nitrogens with one attached hydrogen (secondary N) is 1. The van der Waals surface area contributed by atoms with Crippen molar-refractivity contribution in [3.05, 3.63) is 65.7 Å². The lowest BCUT2D eigenvalue weighted by atomic mass is 10.1. The van der Waals surface area contributed by atoms with Gasteiger partial charge in [-0.05, 0) is 19.1 Å². The van der Waals surface area contributed by atoms with Gasteiger partial charge in [-0.25, -0.2) is 4.98 Å². The third kappa shape index (κ3) is 3.01. The van der Waals surface area contributed by atoms with E-state index in [1.54, 1.807) is 31.2 Å². The minimum absolute atomic E-state index is 0.143. The van der Waals surface area contributed by atoms with Crippen molar-refractivity contribution in [3.8, 4) is 11.3 Å². The standard InChI is InChI=1S/C19H15N3O3/c1-11-3-5-13(6-4-11)16-10-18(25-22-16)19(23)21-14-7-8-15-17(9-14)24-12(2)20-15/h3-10H,1-2H3,(H,21,23). The molecule has 2 heterocycles. The Hall–Kier alpha value is -3.41. The van der Waals surface area contributed by atoms with Gasteiger partial charge in [0, 0.05) is 30.3 Å². The number of rotatable bonds is 3. The lowest BCUT2D eigenvalue weighted by molar-refractivity contribution is 0.0988. The van der Waals surface area contributed by atoms with Crippen LogP contribution in [-0.2, 0) is 0 Å². The number of hydrogen-bond donors (Lipinski definition) is 1. The van der Waals surface area contributed by atoms with E-state index in [0.29, 0.717) is 22.9 Å². The van der Waals surface area contributed by atoms with Gasteiger partial charge in [0.25, 0.3) is 5.91 Å². The molecular formula is C19H15N3O3. The van der Waals surface area contributed by atoms with Crippen molar-refractivity contribution in [1.29, 1.82) is 0 Å². The Morgan fingerprint density at radius 1 is 1.04 bits per heavy atom. The van der Waals surface area contributed by atoms with Crippen LogP contribution < -0.4 is 5.32 Å². The predicted octanol–water partition coefficient (Wildman–Crippen LogP) is 4.35. The fourth-order valence-corrected chi connectivity index (χ4v) is 2.55. The first-order valence-electron chi connectivity index (χ1n) is 7.81. The summed E-state index contributed by atoms with van der Waals surface area (Å²) in [7, 11) is 0. The molecule has 0 unspecified atom stereocenters. The number of hydrogen-bond acceptors (Lipinski definition) is 5. The molecule has 4 rings (SSSR count). The van der Waals surface area contributed by atoms with E-state index >= 15 is 0 Å². The van der Waals surface area contributed by atoms with E-state index in [4.69, 9.17) is 8.94 Å². The van der Waals surface area contributed by atoms with Crippen LogP contribution >= 0.6 is 0 Å². The highest BCUT2D eigenvalue weighted by Crippen LogP contribution is 2.22. The molecular weight excluding hydrogens is 318 g/mol. The molecule has 6 nitrogen and oxygen atoms in total. The average Bonchev–Trinajstić information content (AvgIpc) is 3.21. The van der Waals surface area contributed by atoms with Crippen LogP contribution in [0.1, 0.15) is 22.0 Å². The maximum Gasteiger partial charge on any atom is 0.294 e. The van der Waals surface area contributed by atoms with Crippen LogP contribution in [0.2, 0.25) is 0 Å². The molecule has 124 valence electrons. The van der Waals surface area contributed by atoms with E-state index in [0.717, 1.165) is 16.6 Å². The number of carbonyl (C=O) groups is 1. The average molecular weight is 333 g/mol. The number of nitrogens with zero attached hydrogens (tertiary/aromatic N) is 2. The number of aryl methyl sites for hydroxylation is 2. The van der Waals surface area contributed by atoms with E-state index in [-0.39, 0.29) is 11.7 Å². The molecule has 0 radical (unpaired) electrons. The Labute approximate surface area is 143 Å². The van der Waals surface area contributed by atoms with Crippen molar-refractivity contribution in [2.75, 3.05) is 5.32 Å². The first-order valence-corrected chi connectivity index (χ1v) is 7.81. The molecule has 1 N–H and O–H groups in total. The Morgan fingerprint density at radius 2 is 1.84 bits per heavy atom. The molecule has 25 heavy (non-hydrogen) atoms. The van der Waals surface area contributed by atoms with Gasteiger partial charge >= 0.3 is 0 Å². The van der Waals surface area contributed by atoms with Gasteiger partial charge in [0.2, 0.25) is 5.76 Å². The number of oxazole rings is 1. The quantitative estimate of drug-likeness (QED) is 0.603. The van der Waals surface area contributed by atoms with Crippen LogP contribution in [0.25, 0.3) is 22.4 Å². The summed E-state index contributed by atoms with van der Waals surface area (Å²) in [4.78, 5) is 16.6. The van der Waals surface area contributed by atoms with Crippen molar-refractivity contribution in [2.45, 2.75) is 13.8 Å². The van der Waals surface area contributed by atoms with E-state index in [1.165, 1.54) is 0 Å². The van der Waals surface area contributed by atoms with Gasteiger partial charge in [0.15, 0.2) is 11.5 Å². The zero-order valence-corrected chi connectivity index (χ0v) is 13.7. The maximum absolute atomic E-state index is 12.4. The van der Waals surface area contributed by atoms with Crippen molar-refractivity contribution in [1.82, 2.24) is 10.1 Å². The highest BCUT2D eigenvalue weighted by molar-refractivity contribution is 6.03. The largest absolute Gasteiger partial charge is 0.441 e. The second kappa shape index (κ2) is 5.90. The van der Waals surface area contributed by atoms with Gasteiger partial charge in [-0.2, -0.15) is 0 Å². The van der Waals surface area contributed by atoms with Crippen molar-refractivity contribution in [3.63, 3.8) is 0 Å². The molecule has 1 amide bonds. The Balaban J connectivity index is 1.55. The summed E-state index contributed by atoms with van der Waals surface area (Å²) in [5.41, 5.74) is 4.63. The molecule has 4 aromatic rings. The molecule has 0 bridgehead atoms. The monoisotopic (exact) mass is 333 g/mol. The van der Waals surface area contributed by atoms with E-state index in [9.17, 15) is 4.79 Å². The summed E-state index contributed by atoms with van der Waals surface area (Å²) in [5.74, 6) is 0.349. The van der Waals surface area contributed by atoms with Crippen LogP contribution in [-0.4, -0.2) is 16.0 Å². The normalized spacial score (nSPS) is 11.0. The van der Waals surface area contributed by atoms with Crippen LogP contribution in [0.5, 0.6) is 0 Å². The van der Waals surface area contributed by atoms with Gasteiger partial charge in [-0.15, -0.1) is 0 Å². The van der Waals surface area contributed by atoms with E-state index < -0.39 is 0 Å². The number of carbonyl (C=O) groups excluding carboxylic acids is 1. The smallest absolute Gasteiger partial charge is 0.294 e. The maximum atomic E-state index is 12.4. The van der Waals surface area contributed by atoms with Crippen LogP contribution in [0.4, 0.5) is 5.69 Å². The zero-order chi connectivity index (χ0) is 17.4. The van der Waals surface area contributed by atoms with Crippen LogP contribution in [0.15, 0.2) is 57.5 Å². The Morgan fingerprint density at radius 3 is 2.64 bits per heavy atom. The second-order valence-corrected chi connectivity index (χ2v) is 5.81. The predicted molar refractivity (Wildman–Crippen MR) is 93.4 cm³/mol. The fraction of sp³-hybridized carbons (Fsp3) is 0.105. The molecule has 0 spiro atoms. The van der Waals surface area contributed by atoms with Gasteiger partial charge in [0.05, 0.1) is 0 Å². The van der Waals surface area contributed by atoms with Crippen molar-refractivity contribution < 1.29 is 13.7 Å². The molecule has 2 aromatic carbocycles. The number of amides is 1. The fourth-order valence-electron chi connectivity index (χ4n) is 2.55.